The Morgan fingerprint density at radius 3 is 2.87 bits per heavy atom. The average molecular weight is 225 g/mol. The van der Waals surface area contributed by atoms with Gasteiger partial charge in [0.25, 0.3) is 0 Å². The molecule has 0 unspecified atom stereocenters. The summed E-state index contributed by atoms with van der Waals surface area (Å²) in [5.41, 5.74) is 2.41. The van der Waals surface area contributed by atoms with Gasteiger partial charge in [-0.3, -0.25) is 0 Å². The van der Waals surface area contributed by atoms with Crippen molar-refractivity contribution in [1.29, 1.82) is 0 Å². The predicted molar refractivity (Wildman–Crippen MR) is 68.6 cm³/mol. The van der Waals surface area contributed by atoms with E-state index in [9.17, 15) is 0 Å². The van der Waals surface area contributed by atoms with Crippen molar-refractivity contribution < 1.29 is 4.74 Å². The molecule has 84 valence electrons. The largest absolute Gasteiger partial charge is 0.384 e. The van der Waals surface area contributed by atoms with Crippen LogP contribution in [0.2, 0.25) is 0 Å². The minimum Gasteiger partial charge on any atom is -0.384 e. The van der Waals surface area contributed by atoms with Crippen LogP contribution >= 0.6 is 11.8 Å². The standard InChI is InChI=1S/C12H19NOS/c1-3-15-9-8-13-12-7-5-4-6-11(12)10-14-2/h4-7,13H,3,8-10H2,1-2H3. The van der Waals surface area contributed by atoms with Crippen molar-refractivity contribution in [2.75, 3.05) is 30.5 Å². The molecule has 0 heterocycles. The maximum absolute atomic E-state index is 5.15. The normalized spacial score (nSPS) is 10.3. The fraction of sp³-hybridized carbons (Fsp3) is 0.500. The lowest BCUT2D eigenvalue weighted by atomic mass is 10.2. The fourth-order valence-electron chi connectivity index (χ4n) is 1.38. The monoisotopic (exact) mass is 225 g/mol. The van der Waals surface area contributed by atoms with Crippen molar-refractivity contribution in [3.05, 3.63) is 29.8 Å². The number of hydrogen-bond acceptors (Lipinski definition) is 3. The number of nitrogens with one attached hydrogen (secondary N) is 1. The summed E-state index contributed by atoms with van der Waals surface area (Å²) in [6, 6.07) is 8.29. The lowest BCUT2D eigenvalue weighted by molar-refractivity contribution is 0.185. The van der Waals surface area contributed by atoms with Crippen LogP contribution in [0.4, 0.5) is 5.69 Å². The van der Waals surface area contributed by atoms with Gasteiger partial charge in [-0.2, -0.15) is 11.8 Å². The van der Waals surface area contributed by atoms with Gasteiger partial charge in [0.15, 0.2) is 0 Å². The molecular formula is C12H19NOS. The van der Waals surface area contributed by atoms with E-state index in [0.717, 1.165) is 12.3 Å². The lowest BCUT2D eigenvalue weighted by Crippen LogP contribution is -2.06. The van der Waals surface area contributed by atoms with E-state index in [2.05, 4.69) is 30.4 Å². The first-order valence-corrected chi connectivity index (χ1v) is 6.42. The van der Waals surface area contributed by atoms with E-state index in [4.69, 9.17) is 4.74 Å². The van der Waals surface area contributed by atoms with Crippen LogP contribution in [0.3, 0.4) is 0 Å². The summed E-state index contributed by atoms with van der Waals surface area (Å²) < 4.78 is 5.15. The lowest BCUT2D eigenvalue weighted by Gasteiger charge is -2.10. The molecule has 15 heavy (non-hydrogen) atoms. The molecule has 0 bridgehead atoms. The highest BCUT2D eigenvalue weighted by molar-refractivity contribution is 7.99. The Morgan fingerprint density at radius 2 is 2.13 bits per heavy atom. The van der Waals surface area contributed by atoms with Gasteiger partial charge in [0.05, 0.1) is 6.61 Å². The van der Waals surface area contributed by atoms with Crippen LogP contribution in [0.1, 0.15) is 12.5 Å². The summed E-state index contributed by atoms with van der Waals surface area (Å²) in [7, 11) is 1.73. The van der Waals surface area contributed by atoms with Gasteiger partial charge in [-0.1, -0.05) is 25.1 Å². The van der Waals surface area contributed by atoms with Crippen molar-refractivity contribution in [1.82, 2.24) is 0 Å². The summed E-state index contributed by atoms with van der Waals surface area (Å²) in [5.74, 6) is 2.33. The van der Waals surface area contributed by atoms with Crippen LogP contribution in [0.5, 0.6) is 0 Å². The smallest absolute Gasteiger partial charge is 0.0733 e. The third-order valence-corrected chi connectivity index (χ3v) is 2.98. The Morgan fingerprint density at radius 1 is 1.33 bits per heavy atom. The summed E-state index contributed by atoms with van der Waals surface area (Å²) in [4.78, 5) is 0. The van der Waals surface area contributed by atoms with Crippen LogP contribution in [-0.2, 0) is 11.3 Å². The quantitative estimate of drug-likeness (QED) is 0.721. The molecule has 0 aromatic heterocycles. The molecule has 0 aliphatic rings. The van der Waals surface area contributed by atoms with Gasteiger partial charge in [-0.05, 0) is 11.8 Å². The molecule has 1 aromatic rings. The molecule has 0 atom stereocenters. The highest BCUT2D eigenvalue weighted by Gasteiger charge is 1.99. The predicted octanol–water partition coefficient (Wildman–Crippen LogP) is 3.00. The molecule has 0 aliphatic carbocycles. The SMILES string of the molecule is CCSCCNc1ccccc1COC. The maximum Gasteiger partial charge on any atom is 0.0733 e. The maximum atomic E-state index is 5.15. The van der Waals surface area contributed by atoms with Crippen molar-refractivity contribution >= 4 is 17.4 Å². The molecule has 0 fully saturated rings. The number of hydrogen-bond donors (Lipinski definition) is 1. The van der Waals surface area contributed by atoms with Gasteiger partial charge >= 0.3 is 0 Å². The van der Waals surface area contributed by atoms with Gasteiger partial charge in [0, 0.05) is 30.7 Å². The Bertz CT molecular complexity index is 278. The highest BCUT2D eigenvalue weighted by Crippen LogP contribution is 2.15. The van der Waals surface area contributed by atoms with E-state index in [0.29, 0.717) is 6.61 Å². The van der Waals surface area contributed by atoms with Crippen molar-refractivity contribution in [3.8, 4) is 0 Å². The van der Waals surface area contributed by atoms with Crippen molar-refractivity contribution in [2.24, 2.45) is 0 Å². The zero-order valence-corrected chi connectivity index (χ0v) is 10.3. The molecule has 2 nitrogen and oxygen atoms in total. The topological polar surface area (TPSA) is 21.3 Å². The second kappa shape index (κ2) is 7.60. The Hall–Kier alpha value is -0.670. The van der Waals surface area contributed by atoms with E-state index in [-0.39, 0.29) is 0 Å². The third-order valence-electron chi connectivity index (χ3n) is 2.08. The van der Waals surface area contributed by atoms with Crippen LogP contribution in [0, 0.1) is 0 Å². The van der Waals surface area contributed by atoms with Crippen LogP contribution < -0.4 is 5.32 Å². The van der Waals surface area contributed by atoms with Crippen molar-refractivity contribution in [2.45, 2.75) is 13.5 Å². The number of benzene rings is 1. The van der Waals surface area contributed by atoms with Crippen molar-refractivity contribution in [3.63, 3.8) is 0 Å². The van der Waals surface area contributed by atoms with E-state index in [1.165, 1.54) is 17.0 Å². The molecule has 1 aromatic carbocycles. The van der Waals surface area contributed by atoms with E-state index in [1.807, 2.05) is 17.8 Å². The van der Waals surface area contributed by atoms with Gasteiger partial charge < -0.3 is 10.1 Å². The Balaban J connectivity index is 2.44. The Kier molecular flexibility index (Phi) is 6.28. The molecule has 0 saturated heterocycles. The fourth-order valence-corrected chi connectivity index (χ4v) is 1.91. The molecule has 0 saturated carbocycles. The molecule has 0 aliphatic heterocycles. The van der Waals surface area contributed by atoms with Crippen LogP contribution in [-0.4, -0.2) is 25.2 Å². The van der Waals surface area contributed by atoms with E-state index >= 15 is 0 Å². The van der Waals surface area contributed by atoms with Crippen LogP contribution in [0.25, 0.3) is 0 Å². The number of para-hydroxylation sites is 1. The first kappa shape index (κ1) is 12.4. The molecule has 0 spiro atoms. The second-order valence-corrected chi connectivity index (χ2v) is 4.61. The first-order valence-electron chi connectivity index (χ1n) is 5.27. The summed E-state index contributed by atoms with van der Waals surface area (Å²) in [6.07, 6.45) is 0. The average Bonchev–Trinajstić information content (AvgIpc) is 2.27. The number of ether oxygens (including phenoxy) is 1. The highest BCUT2D eigenvalue weighted by atomic mass is 32.2. The summed E-state index contributed by atoms with van der Waals surface area (Å²) in [5, 5.41) is 3.43. The van der Waals surface area contributed by atoms with E-state index in [1.54, 1.807) is 7.11 Å². The third kappa shape index (κ3) is 4.58. The number of methoxy groups -OCH3 is 1. The summed E-state index contributed by atoms with van der Waals surface area (Å²) >= 11 is 1.95. The first-order chi connectivity index (χ1) is 7.38. The van der Waals surface area contributed by atoms with Gasteiger partial charge in [0.2, 0.25) is 0 Å². The van der Waals surface area contributed by atoms with Gasteiger partial charge in [0.1, 0.15) is 0 Å². The molecular weight excluding hydrogens is 206 g/mol. The minimum absolute atomic E-state index is 0.671. The molecule has 1 rings (SSSR count). The zero-order chi connectivity index (χ0) is 10.9. The van der Waals surface area contributed by atoms with Gasteiger partial charge in [-0.25, -0.2) is 0 Å². The molecule has 0 amide bonds. The molecule has 3 heteroatoms. The number of anilines is 1. The summed E-state index contributed by atoms with van der Waals surface area (Å²) in [6.45, 7) is 3.87. The molecule has 0 radical (unpaired) electrons. The Labute approximate surface area is 96.4 Å². The minimum atomic E-state index is 0.671. The second-order valence-electron chi connectivity index (χ2n) is 3.21. The molecule has 1 N–H and O–H groups in total. The number of thioether (sulfide) groups is 1. The zero-order valence-electron chi connectivity index (χ0n) is 9.45. The van der Waals surface area contributed by atoms with Crippen LogP contribution in [0.15, 0.2) is 24.3 Å². The van der Waals surface area contributed by atoms with Gasteiger partial charge in [-0.15, -0.1) is 0 Å². The van der Waals surface area contributed by atoms with E-state index < -0.39 is 0 Å². The number of rotatable bonds is 7.